The number of para-hydroxylation sites is 1. The average Bonchev–Trinajstić information content (AvgIpc) is 0.865. The second-order valence-corrected chi connectivity index (χ2v) is 30.4. The van der Waals surface area contributed by atoms with Crippen LogP contribution in [0.5, 0.6) is 11.5 Å². The molecule has 10 aromatic carbocycles. The summed E-state index contributed by atoms with van der Waals surface area (Å²) in [6.07, 6.45) is 5.60. The number of rotatable bonds is 11. The van der Waals surface area contributed by atoms with Crippen molar-refractivity contribution in [2.75, 3.05) is 0 Å². The fourth-order valence-electron chi connectivity index (χ4n) is 12.0. The van der Waals surface area contributed by atoms with Gasteiger partial charge in [-0.2, -0.15) is 0 Å². The molecule has 13 rings (SSSR count). The van der Waals surface area contributed by atoms with Gasteiger partial charge in [-0.15, -0.1) is 0 Å². The van der Waals surface area contributed by atoms with Gasteiger partial charge in [-0.25, -0.2) is 4.98 Å². The molecule has 0 aliphatic heterocycles. The zero-order valence-corrected chi connectivity index (χ0v) is 52.8. The molecule has 5 nitrogen and oxygen atoms in total. The predicted molar refractivity (Wildman–Crippen MR) is 372 cm³/mol. The molecular weight excluding hydrogens is 1090 g/mol. The van der Waals surface area contributed by atoms with Crippen molar-refractivity contribution in [3.63, 3.8) is 0 Å². The topological polar surface area (TPSA) is 35.9 Å². The lowest BCUT2D eigenvalue weighted by molar-refractivity contribution is -0.570. The largest absolute Gasteiger partial charge is 0.458 e. The van der Waals surface area contributed by atoms with Gasteiger partial charge in [0.1, 0.15) is 17.3 Å². The van der Waals surface area contributed by atoms with Crippen LogP contribution in [-0.4, -0.2) is 22.2 Å². The lowest BCUT2D eigenvalue weighted by Crippen LogP contribution is -2.76. The van der Waals surface area contributed by atoms with E-state index in [-0.39, 0.29) is 21.7 Å². The number of hydrogen-bond donors (Lipinski definition) is 0. The number of hydrogen-bond acceptors (Lipinski definition) is 2. The highest BCUT2D eigenvalue weighted by molar-refractivity contribution is 7.20. The summed E-state index contributed by atoms with van der Waals surface area (Å²) in [5, 5.41) is 0.164. The minimum atomic E-state index is -5.91. The molecule has 0 saturated heterocycles. The van der Waals surface area contributed by atoms with Crippen molar-refractivity contribution in [3.8, 4) is 50.9 Å². The zero-order valence-electron chi connectivity index (χ0n) is 66.8. The molecule has 0 aliphatic rings. The Morgan fingerprint density at radius 3 is 1.66 bits per heavy atom. The summed E-state index contributed by atoms with van der Waals surface area (Å²) in [4.78, 5) is 4.91. The van der Waals surface area contributed by atoms with E-state index < -0.39 is 125 Å². The monoisotopic (exact) mass is 1180 g/mol. The Morgan fingerprint density at radius 2 is 1.02 bits per heavy atom. The van der Waals surface area contributed by atoms with Gasteiger partial charge >= 0.3 is 0 Å². The Balaban J connectivity index is 1.20. The lowest BCUT2D eigenvalue weighted by atomic mass is 9.83. The van der Waals surface area contributed by atoms with Crippen LogP contribution in [0.4, 0.5) is 0 Å². The van der Waals surface area contributed by atoms with E-state index in [0.717, 1.165) is 55.4 Å². The first-order chi connectivity index (χ1) is 48.4. The van der Waals surface area contributed by atoms with Crippen molar-refractivity contribution >= 4 is 61.7 Å². The first kappa shape index (κ1) is 42.5. The van der Waals surface area contributed by atoms with E-state index in [9.17, 15) is 16.4 Å². The molecular formula is C82H78N4OSi. The molecule has 0 unspecified atom stereocenters. The van der Waals surface area contributed by atoms with Crippen molar-refractivity contribution in [2.45, 2.75) is 105 Å². The van der Waals surface area contributed by atoms with Crippen molar-refractivity contribution in [1.82, 2.24) is 14.1 Å². The molecule has 0 atom stereocenters. The molecule has 436 valence electrons. The number of imidazole rings is 1. The van der Waals surface area contributed by atoms with Gasteiger partial charge in [0.2, 0.25) is 0 Å². The Kier molecular flexibility index (Phi) is 10.7. The Labute approximate surface area is 542 Å². The standard InChI is InChI=1S/C82H78N4OSi/c1-79(2,3)59-41-38-56(39-42-59)57-40-45-73-75(49-57)84(63-28-25-29-64(53-63)87-65-43-44-70-69-36-22-23-37-72(69)86(74(70)54-65)77-52-61(46-47-83-77)81(7,8)9)55-85(73)78-71(58-26-24-27-60(48-58)80(4,5)6)50-62(82(10,11)12)51-76(78)88(66-30-16-13-17-31-66,67-32-18-14-19-33-67)68-34-20-15-21-35-68/h13-54H,1-12H3/i13D,14D,15D,16D,17D,18D,19D,20D,21D,30D,31D,32D,33D,34D,35D. The number of aromatic nitrogens is 4. The molecule has 6 heteroatoms. The molecule has 3 aromatic heterocycles. The molecule has 0 radical (unpaired) electrons. The average molecular weight is 1180 g/mol. The van der Waals surface area contributed by atoms with Gasteiger partial charge in [0.05, 0.1) is 54.0 Å². The summed E-state index contributed by atoms with van der Waals surface area (Å²) in [6, 6.07) is 38.7. The Hall–Kier alpha value is -9.36. The third kappa shape index (κ3) is 10.6. The summed E-state index contributed by atoms with van der Waals surface area (Å²) in [6.45, 7) is 25.0. The molecule has 0 bridgehead atoms. The van der Waals surface area contributed by atoms with Crippen LogP contribution in [0.25, 0.3) is 72.3 Å². The van der Waals surface area contributed by atoms with Crippen molar-refractivity contribution in [1.29, 1.82) is 0 Å². The number of nitrogens with zero attached hydrogens (tertiary/aromatic N) is 4. The molecule has 0 saturated carbocycles. The Morgan fingerprint density at radius 1 is 0.443 bits per heavy atom. The van der Waals surface area contributed by atoms with Gasteiger partial charge < -0.3 is 4.74 Å². The lowest BCUT2D eigenvalue weighted by Gasteiger charge is -2.38. The van der Waals surface area contributed by atoms with E-state index in [1.54, 1.807) is 10.6 Å². The second kappa shape index (κ2) is 22.1. The summed E-state index contributed by atoms with van der Waals surface area (Å²) in [5.41, 5.74) is 8.22. The summed E-state index contributed by atoms with van der Waals surface area (Å²) >= 11 is 0. The van der Waals surface area contributed by atoms with Crippen LogP contribution in [0.3, 0.4) is 0 Å². The minimum absolute atomic E-state index is 0.0426. The molecule has 88 heavy (non-hydrogen) atoms. The molecule has 0 fully saturated rings. The van der Waals surface area contributed by atoms with Gasteiger partial charge in [0.15, 0.2) is 8.07 Å². The highest BCUT2D eigenvalue weighted by Crippen LogP contribution is 2.39. The second-order valence-electron chi connectivity index (χ2n) is 26.8. The third-order valence-electron chi connectivity index (χ3n) is 16.8. The predicted octanol–water partition coefficient (Wildman–Crippen LogP) is 17.9. The van der Waals surface area contributed by atoms with Crippen LogP contribution in [0.15, 0.2) is 255 Å². The van der Waals surface area contributed by atoms with Crippen LogP contribution in [0, 0.1) is 6.33 Å². The number of benzene rings is 10. The van der Waals surface area contributed by atoms with Crippen molar-refractivity contribution in [2.24, 2.45) is 0 Å². The van der Waals surface area contributed by atoms with Gasteiger partial charge in [0, 0.05) is 23.0 Å². The van der Waals surface area contributed by atoms with Crippen LogP contribution < -0.4 is 30.1 Å². The maximum Gasteiger partial charge on any atom is 0.269 e. The number of pyridine rings is 1. The van der Waals surface area contributed by atoms with E-state index in [2.05, 4.69) is 116 Å². The molecule has 3 heterocycles. The number of ether oxygens (including phenoxy) is 1. The van der Waals surface area contributed by atoms with Crippen LogP contribution in [0.2, 0.25) is 0 Å². The van der Waals surface area contributed by atoms with Gasteiger partial charge in [0.25, 0.3) is 6.33 Å². The van der Waals surface area contributed by atoms with Crippen LogP contribution in [-0.2, 0) is 21.7 Å². The summed E-state index contributed by atoms with van der Waals surface area (Å²) < 4.78 is 159. The minimum Gasteiger partial charge on any atom is -0.458 e. The first-order valence-corrected chi connectivity index (χ1v) is 31.8. The maximum atomic E-state index is 10.3. The third-order valence-corrected chi connectivity index (χ3v) is 21.0. The van der Waals surface area contributed by atoms with E-state index in [0.29, 0.717) is 44.9 Å². The van der Waals surface area contributed by atoms with Gasteiger partial charge in [-0.1, -0.05) is 271 Å². The maximum absolute atomic E-state index is 10.3. The van der Waals surface area contributed by atoms with Gasteiger partial charge in [-0.3, -0.25) is 13.7 Å². The highest BCUT2D eigenvalue weighted by atomic mass is 28.3. The molecule has 13 aromatic rings. The van der Waals surface area contributed by atoms with Gasteiger partial charge in [-0.05, 0) is 142 Å². The molecule has 0 N–H and O–H groups in total. The fraction of sp³-hybridized carbons (Fsp3) is 0.195. The highest BCUT2D eigenvalue weighted by Gasteiger charge is 2.45. The zero-order chi connectivity index (χ0) is 74.4. The quantitative estimate of drug-likeness (QED) is 0.0560. The van der Waals surface area contributed by atoms with E-state index >= 15 is 0 Å². The normalized spacial score (nSPS) is 14.9. The van der Waals surface area contributed by atoms with E-state index in [1.165, 1.54) is 0 Å². The Bertz CT molecular complexity index is 5420. The SMILES string of the molecule is [2H]c1c([2H])c([2H])c([Si](c2cc(C(C)(C)C)cc(-c3cccc(C(C)(C)C)c3)c2-[n+]2[c-]n(-c3cccc(Oc4ccc5c6ccccc6n(-c6cc(C(C)(C)C)ccn6)c5c4)c3)c3cc(-c4ccc(C(C)(C)C)cc4)ccc32)(c2c([2H])c([2H])c([2H])c([2H])c2[2H])c2c([2H])c([2H])c([2H])c([2H])c2[2H])c([2H])c1[2H]. The summed E-state index contributed by atoms with van der Waals surface area (Å²) in [7, 11) is -5.91. The van der Waals surface area contributed by atoms with Crippen LogP contribution >= 0.6 is 0 Å². The molecule has 0 spiro atoms. The fourth-order valence-corrected chi connectivity index (χ4v) is 16.0. The van der Waals surface area contributed by atoms with E-state index in [1.807, 2.05) is 141 Å². The molecule has 0 aliphatic carbocycles. The smallest absolute Gasteiger partial charge is 0.269 e. The first-order valence-electron chi connectivity index (χ1n) is 37.3. The molecule has 0 amide bonds. The summed E-state index contributed by atoms with van der Waals surface area (Å²) in [5.74, 6) is 1.72. The van der Waals surface area contributed by atoms with Crippen molar-refractivity contribution in [3.05, 3.63) is 283 Å². The van der Waals surface area contributed by atoms with E-state index in [4.69, 9.17) is 13.8 Å². The number of fused-ring (bicyclic) bond motifs is 4. The van der Waals surface area contributed by atoms with Crippen LogP contribution in [0.1, 0.15) is 126 Å². The van der Waals surface area contributed by atoms with Crippen molar-refractivity contribution < 1.29 is 29.9 Å².